The molecule has 0 fully saturated rings. The van der Waals surface area contributed by atoms with Crippen LogP contribution in [0.25, 0.3) is 44.9 Å². The van der Waals surface area contributed by atoms with Gasteiger partial charge >= 0.3 is 0 Å². The van der Waals surface area contributed by atoms with Gasteiger partial charge in [0.25, 0.3) is 0 Å². The monoisotopic (exact) mass is 455 g/mol. The molecular formula is C26H22ClN3OSi. The van der Waals surface area contributed by atoms with Crippen LogP contribution in [0.5, 0.6) is 0 Å². The third-order valence-electron chi connectivity index (χ3n) is 5.40. The zero-order valence-corrected chi connectivity index (χ0v) is 19.9. The molecule has 0 unspecified atom stereocenters. The van der Waals surface area contributed by atoms with E-state index in [-0.39, 0.29) is 5.28 Å². The number of aromatic nitrogens is 3. The van der Waals surface area contributed by atoms with E-state index in [0.29, 0.717) is 11.6 Å². The number of fused-ring (bicyclic) bond motifs is 1. The average Bonchev–Trinajstić information content (AvgIpc) is 3.25. The fraction of sp³-hybridized carbons (Fsp3) is 0.115. The summed E-state index contributed by atoms with van der Waals surface area (Å²) < 4.78 is 6.15. The van der Waals surface area contributed by atoms with Gasteiger partial charge in [0.1, 0.15) is 13.7 Å². The van der Waals surface area contributed by atoms with Crippen LogP contribution in [0.1, 0.15) is 0 Å². The smallest absolute Gasteiger partial charge is 0.226 e. The van der Waals surface area contributed by atoms with Crippen molar-refractivity contribution in [2.24, 2.45) is 0 Å². The SMILES string of the molecule is C[Si](C)(C)c1cc2c(-c3nc(Cl)nc(-c4ccc(-c5ccccc5)cc4)n3)cccc2o1. The van der Waals surface area contributed by atoms with Crippen LogP contribution in [-0.4, -0.2) is 23.0 Å². The zero-order chi connectivity index (χ0) is 22.3. The van der Waals surface area contributed by atoms with Gasteiger partial charge in [-0.15, -0.1) is 0 Å². The summed E-state index contributed by atoms with van der Waals surface area (Å²) in [6.07, 6.45) is 0. The molecule has 0 amide bonds. The third kappa shape index (κ3) is 3.97. The van der Waals surface area contributed by atoms with E-state index >= 15 is 0 Å². The van der Waals surface area contributed by atoms with Crippen molar-refractivity contribution in [1.29, 1.82) is 0 Å². The van der Waals surface area contributed by atoms with Crippen LogP contribution in [0.2, 0.25) is 24.9 Å². The fourth-order valence-electron chi connectivity index (χ4n) is 3.67. The summed E-state index contributed by atoms with van der Waals surface area (Å²) >= 11 is 6.33. The van der Waals surface area contributed by atoms with E-state index in [1.165, 1.54) is 5.56 Å². The van der Waals surface area contributed by atoms with Crippen LogP contribution in [0.3, 0.4) is 0 Å². The highest BCUT2D eigenvalue weighted by Gasteiger charge is 2.23. The molecule has 5 rings (SSSR count). The molecule has 0 saturated carbocycles. The molecule has 158 valence electrons. The van der Waals surface area contributed by atoms with Crippen molar-refractivity contribution < 1.29 is 4.42 Å². The van der Waals surface area contributed by atoms with E-state index in [9.17, 15) is 0 Å². The molecule has 0 saturated heterocycles. The number of benzene rings is 3. The Balaban J connectivity index is 1.57. The van der Waals surface area contributed by atoms with Crippen molar-refractivity contribution in [1.82, 2.24) is 15.0 Å². The minimum atomic E-state index is -1.59. The predicted molar refractivity (Wildman–Crippen MR) is 134 cm³/mol. The predicted octanol–water partition coefficient (Wildman–Crippen LogP) is 6.82. The lowest BCUT2D eigenvalue weighted by molar-refractivity contribution is 0.648. The van der Waals surface area contributed by atoms with Crippen LogP contribution < -0.4 is 5.38 Å². The van der Waals surface area contributed by atoms with Gasteiger partial charge in [0.2, 0.25) is 5.28 Å². The molecule has 0 aliphatic rings. The Kier molecular flexibility index (Phi) is 5.16. The molecule has 4 nitrogen and oxygen atoms in total. The third-order valence-corrected chi connectivity index (χ3v) is 7.29. The largest absolute Gasteiger partial charge is 0.466 e. The second kappa shape index (κ2) is 8.00. The second-order valence-corrected chi connectivity index (χ2v) is 14.1. The molecule has 0 aliphatic carbocycles. The summed E-state index contributed by atoms with van der Waals surface area (Å²) in [4.78, 5) is 13.6. The molecule has 0 radical (unpaired) electrons. The van der Waals surface area contributed by atoms with Gasteiger partial charge in [0, 0.05) is 16.5 Å². The summed E-state index contributed by atoms with van der Waals surface area (Å²) in [5.74, 6) is 1.09. The van der Waals surface area contributed by atoms with E-state index in [4.69, 9.17) is 21.0 Å². The maximum atomic E-state index is 6.33. The van der Waals surface area contributed by atoms with Gasteiger partial charge in [-0.1, -0.05) is 86.4 Å². The van der Waals surface area contributed by atoms with Crippen molar-refractivity contribution in [3.8, 4) is 33.9 Å². The van der Waals surface area contributed by atoms with E-state index in [1.807, 2.05) is 48.5 Å². The zero-order valence-electron chi connectivity index (χ0n) is 18.1. The highest BCUT2D eigenvalue weighted by atomic mass is 35.5. The summed E-state index contributed by atoms with van der Waals surface area (Å²) in [5.41, 5.74) is 4.92. The van der Waals surface area contributed by atoms with E-state index in [2.05, 4.69) is 59.9 Å². The Hall–Kier alpha value is -3.28. The number of rotatable bonds is 4. The van der Waals surface area contributed by atoms with Crippen LogP contribution in [-0.2, 0) is 0 Å². The lowest BCUT2D eigenvalue weighted by atomic mass is 10.0. The first-order valence-corrected chi connectivity index (χ1v) is 14.4. The molecule has 32 heavy (non-hydrogen) atoms. The average molecular weight is 456 g/mol. The number of nitrogens with zero attached hydrogens (tertiary/aromatic N) is 3. The van der Waals surface area contributed by atoms with Gasteiger partial charge < -0.3 is 4.42 Å². The Morgan fingerprint density at radius 3 is 2.06 bits per heavy atom. The molecular weight excluding hydrogens is 434 g/mol. The molecule has 3 aromatic carbocycles. The van der Waals surface area contributed by atoms with E-state index in [1.54, 1.807) is 0 Å². The van der Waals surface area contributed by atoms with Crippen molar-refractivity contribution in [2.75, 3.05) is 0 Å². The number of halogens is 1. The van der Waals surface area contributed by atoms with Crippen molar-refractivity contribution >= 4 is 36.0 Å². The highest BCUT2D eigenvalue weighted by Crippen LogP contribution is 2.30. The van der Waals surface area contributed by atoms with Gasteiger partial charge in [-0.05, 0) is 34.9 Å². The standard InChI is InChI=1S/C26H22ClN3OSi/c1-32(2,3)23-16-21-20(10-7-11-22(21)31-23)25-28-24(29-26(27)30-25)19-14-12-18(13-15-19)17-8-5-4-6-9-17/h4-16H,1-3H3. The summed E-state index contributed by atoms with van der Waals surface area (Å²) in [5, 5.41) is 2.22. The number of hydrogen-bond acceptors (Lipinski definition) is 4. The summed E-state index contributed by atoms with van der Waals surface area (Å²) in [7, 11) is -1.59. The topological polar surface area (TPSA) is 51.8 Å². The highest BCUT2D eigenvalue weighted by molar-refractivity contribution is 6.87. The Morgan fingerprint density at radius 1 is 0.688 bits per heavy atom. The Labute approximate surface area is 193 Å². The fourth-order valence-corrected chi connectivity index (χ4v) is 4.82. The number of furan rings is 1. The minimum Gasteiger partial charge on any atom is -0.466 e. The van der Waals surface area contributed by atoms with Crippen LogP contribution >= 0.6 is 11.6 Å². The Bertz CT molecular complexity index is 1410. The van der Waals surface area contributed by atoms with E-state index < -0.39 is 8.07 Å². The van der Waals surface area contributed by atoms with Crippen molar-refractivity contribution in [3.63, 3.8) is 0 Å². The first-order valence-electron chi connectivity index (χ1n) is 10.5. The van der Waals surface area contributed by atoms with Crippen LogP contribution in [0, 0.1) is 0 Å². The molecule has 2 aromatic heterocycles. The quantitative estimate of drug-likeness (QED) is 0.279. The molecule has 6 heteroatoms. The maximum Gasteiger partial charge on any atom is 0.226 e. The van der Waals surface area contributed by atoms with Crippen molar-refractivity contribution in [3.05, 3.63) is 84.1 Å². The number of hydrogen-bond donors (Lipinski definition) is 0. The van der Waals surface area contributed by atoms with Crippen molar-refractivity contribution in [2.45, 2.75) is 19.6 Å². The summed E-state index contributed by atoms with van der Waals surface area (Å²) in [6, 6.07) is 26.5. The molecule has 0 aliphatic heterocycles. The molecule has 0 atom stereocenters. The Morgan fingerprint density at radius 2 is 1.34 bits per heavy atom. The lowest BCUT2D eigenvalue weighted by Gasteiger charge is -2.10. The van der Waals surface area contributed by atoms with Gasteiger partial charge in [0.15, 0.2) is 11.6 Å². The first kappa shape index (κ1) is 20.6. The molecule has 2 heterocycles. The first-order chi connectivity index (χ1) is 15.4. The molecule has 0 spiro atoms. The second-order valence-electron chi connectivity index (χ2n) is 8.77. The van der Waals surface area contributed by atoms with Crippen LogP contribution in [0.4, 0.5) is 0 Å². The molecule has 0 bridgehead atoms. The summed E-state index contributed by atoms with van der Waals surface area (Å²) in [6.45, 7) is 6.80. The van der Waals surface area contributed by atoms with Gasteiger partial charge in [-0.3, -0.25) is 0 Å². The lowest BCUT2D eigenvalue weighted by Crippen LogP contribution is -2.36. The molecule has 5 aromatic rings. The molecule has 0 N–H and O–H groups in total. The van der Waals surface area contributed by atoms with E-state index in [0.717, 1.165) is 33.0 Å². The van der Waals surface area contributed by atoms with Crippen LogP contribution in [0.15, 0.2) is 83.3 Å². The normalized spacial score (nSPS) is 11.8. The van der Waals surface area contributed by atoms with Gasteiger partial charge in [0.05, 0.1) is 5.38 Å². The maximum absolute atomic E-state index is 6.33. The minimum absolute atomic E-state index is 0.169. The van der Waals surface area contributed by atoms with Gasteiger partial charge in [-0.2, -0.15) is 9.97 Å². The van der Waals surface area contributed by atoms with Gasteiger partial charge in [-0.25, -0.2) is 4.98 Å².